The van der Waals surface area contributed by atoms with Crippen LogP contribution in [-0.4, -0.2) is 84.1 Å². The Balaban J connectivity index is 3.13. The molecule has 0 aliphatic heterocycles. The van der Waals surface area contributed by atoms with Crippen molar-refractivity contribution in [3.63, 3.8) is 0 Å². The van der Waals surface area contributed by atoms with Gasteiger partial charge in [0.05, 0.1) is 47.7 Å². The molecule has 0 amide bonds. The maximum Gasteiger partial charge on any atom is 0.335 e. The fourth-order valence-corrected chi connectivity index (χ4v) is 5.50. The van der Waals surface area contributed by atoms with E-state index in [9.17, 15) is 26.4 Å². The summed E-state index contributed by atoms with van der Waals surface area (Å²) in [4.78, 5) is 23.7. The van der Waals surface area contributed by atoms with Crippen LogP contribution in [0.4, 0.5) is 0 Å². The lowest BCUT2D eigenvalue weighted by molar-refractivity contribution is 0.0696. The molecule has 0 heterocycles. The molecule has 1 N–H and O–H groups in total. The first-order valence-electron chi connectivity index (χ1n) is 8.27. The topological polar surface area (TPSA) is 141 Å². The molecule has 0 aliphatic carbocycles. The van der Waals surface area contributed by atoms with E-state index in [1.54, 1.807) is 0 Å². The van der Waals surface area contributed by atoms with Gasteiger partial charge in [-0.3, -0.25) is 4.79 Å². The van der Waals surface area contributed by atoms with Crippen LogP contribution < -0.4 is 0 Å². The standard InChI is InChI=1S/C17H24O9S2/c1-25-7-9-27(21,22)11-15(12-28(23,24)10-8-26-2)16(18)13-3-5-14(6-4-13)17(19)20/h3-6,15H,7-12H2,1-2H3,(H,19,20). The molecule has 0 aliphatic rings. The molecule has 11 heteroatoms. The first-order chi connectivity index (χ1) is 13.0. The molecule has 0 fully saturated rings. The van der Waals surface area contributed by atoms with Crippen LogP contribution in [0.25, 0.3) is 0 Å². The van der Waals surface area contributed by atoms with E-state index >= 15 is 0 Å². The third-order valence-electron chi connectivity index (χ3n) is 3.89. The SMILES string of the molecule is COCCS(=O)(=O)CC(CS(=O)(=O)CCOC)C(=O)c1ccc(C(=O)O)cc1. The molecule has 0 radical (unpaired) electrons. The minimum absolute atomic E-state index is 0.0406. The molecule has 0 aromatic heterocycles. The van der Waals surface area contributed by atoms with Crippen LogP contribution >= 0.6 is 0 Å². The molecule has 1 aromatic carbocycles. The Morgan fingerprint density at radius 1 is 0.857 bits per heavy atom. The normalized spacial score (nSPS) is 12.2. The second-order valence-corrected chi connectivity index (χ2v) is 10.6. The van der Waals surface area contributed by atoms with Crippen molar-refractivity contribution in [1.29, 1.82) is 0 Å². The van der Waals surface area contributed by atoms with Crippen molar-refractivity contribution in [2.24, 2.45) is 5.92 Å². The van der Waals surface area contributed by atoms with Crippen LogP contribution in [0.2, 0.25) is 0 Å². The van der Waals surface area contributed by atoms with Crippen LogP contribution in [0.1, 0.15) is 20.7 Å². The van der Waals surface area contributed by atoms with E-state index in [1.165, 1.54) is 38.5 Å². The van der Waals surface area contributed by atoms with E-state index in [1.807, 2.05) is 0 Å². The second kappa shape index (κ2) is 10.6. The lowest BCUT2D eigenvalue weighted by Crippen LogP contribution is -2.33. The first-order valence-corrected chi connectivity index (χ1v) is 11.9. The predicted molar refractivity (Wildman–Crippen MR) is 102 cm³/mol. The molecule has 0 saturated carbocycles. The van der Waals surface area contributed by atoms with Gasteiger partial charge in [0.2, 0.25) is 0 Å². The summed E-state index contributed by atoms with van der Waals surface area (Å²) in [5.74, 6) is -5.17. The van der Waals surface area contributed by atoms with Crippen LogP contribution in [0, 0.1) is 5.92 Å². The fraction of sp³-hybridized carbons (Fsp3) is 0.529. The van der Waals surface area contributed by atoms with Gasteiger partial charge in [-0.25, -0.2) is 21.6 Å². The number of carboxylic acid groups (broad SMARTS) is 1. The summed E-state index contributed by atoms with van der Waals surface area (Å²) in [6, 6.07) is 4.88. The highest BCUT2D eigenvalue weighted by Gasteiger charge is 2.31. The number of carbonyl (C=O) groups is 2. The van der Waals surface area contributed by atoms with Crippen molar-refractivity contribution >= 4 is 31.4 Å². The quantitative estimate of drug-likeness (QED) is 0.432. The zero-order valence-electron chi connectivity index (χ0n) is 15.7. The Kier molecular flexibility index (Phi) is 9.21. The van der Waals surface area contributed by atoms with Crippen LogP contribution in [-0.2, 0) is 29.1 Å². The monoisotopic (exact) mass is 436 g/mol. The molecule has 158 valence electrons. The summed E-state index contributed by atoms with van der Waals surface area (Å²) in [6.07, 6.45) is 0. The van der Waals surface area contributed by atoms with Crippen molar-refractivity contribution in [3.05, 3.63) is 35.4 Å². The number of hydrogen-bond donors (Lipinski definition) is 1. The summed E-state index contributed by atoms with van der Waals surface area (Å²) >= 11 is 0. The first kappa shape index (κ1) is 24.2. The van der Waals surface area contributed by atoms with Gasteiger partial charge in [-0.15, -0.1) is 0 Å². The number of ketones is 1. The molecule has 0 spiro atoms. The van der Waals surface area contributed by atoms with Crippen LogP contribution in [0.5, 0.6) is 0 Å². The van der Waals surface area contributed by atoms with Crippen molar-refractivity contribution in [1.82, 2.24) is 0 Å². The number of carboxylic acids is 1. The minimum atomic E-state index is -3.75. The Morgan fingerprint density at radius 2 is 1.25 bits per heavy atom. The maximum atomic E-state index is 12.8. The van der Waals surface area contributed by atoms with Crippen LogP contribution in [0.3, 0.4) is 0 Å². The number of sulfone groups is 2. The van der Waals surface area contributed by atoms with Gasteiger partial charge in [0, 0.05) is 19.8 Å². The molecule has 0 bridgehead atoms. The molecule has 0 unspecified atom stereocenters. The van der Waals surface area contributed by atoms with Gasteiger partial charge in [0.1, 0.15) is 0 Å². The summed E-state index contributed by atoms with van der Waals surface area (Å²) in [6.45, 7) is -0.153. The molecule has 1 rings (SSSR count). The number of methoxy groups -OCH3 is 2. The van der Waals surface area contributed by atoms with Gasteiger partial charge in [-0.2, -0.15) is 0 Å². The summed E-state index contributed by atoms with van der Waals surface area (Å²) in [5, 5.41) is 8.93. The number of hydrogen-bond acceptors (Lipinski definition) is 8. The third kappa shape index (κ3) is 8.05. The average Bonchev–Trinajstić information content (AvgIpc) is 2.63. The number of carbonyl (C=O) groups excluding carboxylic acids is 1. The largest absolute Gasteiger partial charge is 0.478 e. The molecule has 0 atom stereocenters. The van der Waals surface area contributed by atoms with Gasteiger partial charge < -0.3 is 14.6 Å². The Bertz CT molecular complexity index is 832. The molecule has 0 saturated heterocycles. The van der Waals surface area contributed by atoms with Gasteiger partial charge in [-0.1, -0.05) is 12.1 Å². The summed E-state index contributed by atoms with van der Waals surface area (Å²) in [5.41, 5.74) is -0.00702. The van der Waals surface area contributed by atoms with E-state index in [0.717, 1.165) is 0 Å². The van der Waals surface area contributed by atoms with Crippen molar-refractivity contribution in [2.75, 3.05) is 50.4 Å². The Hall–Kier alpha value is -1.82. The zero-order chi connectivity index (χ0) is 21.4. The van der Waals surface area contributed by atoms with E-state index in [4.69, 9.17) is 14.6 Å². The molecule has 1 aromatic rings. The van der Waals surface area contributed by atoms with E-state index in [0.29, 0.717) is 0 Å². The smallest absolute Gasteiger partial charge is 0.335 e. The zero-order valence-corrected chi connectivity index (χ0v) is 17.3. The minimum Gasteiger partial charge on any atom is -0.478 e. The van der Waals surface area contributed by atoms with Gasteiger partial charge in [0.15, 0.2) is 25.5 Å². The molecule has 28 heavy (non-hydrogen) atoms. The van der Waals surface area contributed by atoms with Gasteiger partial charge in [-0.05, 0) is 12.1 Å². The highest BCUT2D eigenvalue weighted by atomic mass is 32.2. The number of benzene rings is 1. The summed E-state index contributed by atoms with van der Waals surface area (Å²) < 4.78 is 58.5. The second-order valence-electron chi connectivity index (χ2n) is 6.16. The molecular weight excluding hydrogens is 412 g/mol. The van der Waals surface area contributed by atoms with Crippen LogP contribution in [0.15, 0.2) is 24.3 Å². The maximum absolute atomic E-state index is 12.8. The number of aromatic carboxylic acids is 1. The third-order valence-corrected chi connectivity index (χ3v) is 7.29. The Morgan fingerprint density at radius 3 is 1.61 bits per heavy atom. The van der Waals surface area contributed by atoms with E-state index in [2.05, 4.69) is 0 Å². The lowest BCUT2D eigenvalue weighted by atomic mass is 10.00. The highest BCUT2D eigenvalue weighted by Crippen LogP contribution is 2.16. The average molecular weight is 437 g/mol. The number of ether oxygens (including phenoxy) is 2. The predicted octanol–water partition coefficient (Wildman–Crippen LogP) is 0.306. The van der Waals surface area contributed by atoms with Gasteiger partial charge in [0.25, 0.3) is 0 Å². The highest BCUT2D eigenvalue weighted by molar-refractivity contribution is 7.92. The van der Waals surface area contributed by atoms with Crippen molar-refractivity contribution in [3.8, 4) is 0 Å². The van der Waals surface area contributed by atoms with Crippen molar-refractivity contribution in [2.45, 2.75) is 0 Å². The van der Waals surface area contributed by atoms with Crippen molar-refractivity contribution < 1.29 is 41.0 Å². The summed E-state index contributed by atoms with van der Waals surface area (Å²) in [7, 11) is -4.83. The molecule has 9 nitrogen and oxygen atoms in total. The van der Waals surface area contributed by atoms with E-state index < -0.39 is 48.9 Å². The lowest BCUT2D eigenvalue weighted by Gasteiger charge is -2.16. The number of Topliss-reactive ketones (excluding diaryl/α,β-unsaturated/α-hetero) is 1. The fourth-order valence-electron chi connectivity index (χ4n) is 2.41. The molecular formula is C17H24O9S2. The number of rotatable bonds is 13. The van der Waals surface area contributed by atoms with E-state index in [-0.39, 0.29) is 35.8 Å². The van der Waals surface area contributed by atoms with Gasteiger partial charge >= 0.3 is 5.97 Å². The Labute approximate surface area is 164 Å².